The Balaban J connectivity index is 2.65. The van der Waals surface area contributed by atoms with E-state index in [0.717, 1.165) is 16.5 Å². The second-order valence-electron chi connectivity index (χ2n) is 3.18. The van der Waals surface area contributed by atoms with Gasteiger partial charge >= 0.3 is 0 Å². The maximum absolute atomic E-state index is 11.2. The van der Waals surface area contributed by atoms with E-state index in [2.05, 4.69) is 20.7 Å². The Hall–Kier alpha value is -0.390. The van der Waals surface area contributed by atoms with Gasteiger partial charge in [0.1, 0.15) is 0 Å². The van der Waals surface area contributed by atoms with Crippen molar-refractivity contribution in [2.24, 2.45) is 0 Å². The highest BCUT2D eigenvalue weighted by Gasteiger charge is 2.05. The van der Waals surface area contributed by atoms with E-state index < -0.39 is 10.0 Å². The van der Waals surface area contributed by atoms with Crippen molar-refractivity contribution in [1.29, 1.82) is 0 Å². The van der Waals surface area contributed by atoms with E-state index in [1.165, 1.54) is 0 Å². The Morgan fingerprint density at radius 3 is 2.60 bits per heavy atom. The van der Waals surface area contributed by atoms with Crippen LogP contribution in [-0.4, -0.2) is 14.2 Å². The molecule has 0 aliphatic rings. The quantitative estimate of drug-likeness (QED) is 0.844. The van der Waals surface area contributed by atoms with Crippen LogP contribution in [0.3, 0.4) is 0 Å². The minimum absolute atomic E-state index is 0.116. The van der Waals surface area contributed by atoms with Crippen LogP contribution in [0.4, 0.5) is 0 Å². The van der Waals surface area contributed by atoms with Gasteiger partial charge in [-0.25, -0.2) is 13.1 Å². The lowest BCUT2D eigenvalue weighted by molar-refractivity contribution is 0.582. The summed E-state index contributed by atoms with van der Waals surface area (Å²) in [6, 6.07) is 7.80. The Bertz CT molecular complexity index is 417. The molecule has 0 spiro atoms. The molecule has 0 amide bonds. The molecule has 0 fully saturated rings. The van der Waals surface area contributed by atoms with Crippen molar-refractivity contribution in [3.8, 4) is 0 Å². The van der Waals surface area contributed by atoms with Gasteiger partial charge in [0.25, 0.3) is 0 Å². The predicted octanol–water partition coefficient (Wildman–Crippen LogP) is 2.02. The molecule has 15 heavy (non-hydrogen) atoms. The summed E-state index contributed by atoms with van der Waals surface area (Å²) in [5, 5.41) is 0.779. The van der Waals surface area contributed by atoms with Crippen LogP contribution in [-0.2, 0) is 21.9 Å². The number of benzene rings is 1. The molecule has 0 radical (unpaired) electrons. The minimum Gasteiger partial charge on any atom is -0.212 e. The number of hydrogen-bond donors (Lipinski definition) is 1. The van der Waals surface area contributed by atoms with Crippen LogP contribution in [0.5, 0.6) is 0 Å². The van der Waals surface area contributed by atoms with E-state index >= 15 is 0 Å². The average Bonchev–Trinajstić information content (AvgIpc) is 2.27. The first kappa shape index (κ1) is 12.7. The van der Waals surface area contributed by atoms with Crippen molar-refractivity contribution in [3.05, 3.63) is 35.4 Å². The topological polar surface area (TPSA) is 46.2 Å². The van der Waals surface area contributed by atoms with Crippen molar-refractivity contribution in [2.45, 2.75) is 18.8 Å². The third-order valence-electron chi connectivity index (χ3n) is 2.02. The number of rotatable bonds is 5. The summed E-state index contributed by atoms with van der Waals surface area (Å²) in [4.78, 5) is 0. The maximum atomic E-state index is 11.2. The molecule has 0 heterocycles. The Kier molecular flexibility index (Phi) is 4.76. The van der Waals surface area contributed by atoms with Crippen LogP contribution in [0.1, 0.15) is 18.1 Å². The molecule has 1 aromatic rings. The highest BCUT2D eigenvalue weighted by molar-refractivity contribution is 9.08. The molecule has 5 heteroatoms. The summed E-state index contributed by atoms with van der Waals surface area (Å²) < 4.78 is 24.9. The smallest absolute Gasteiger partial charge is 0.211 e. The SMILES string of the molecule is CCS(=O)(=O)NCc1cccc(CBr)c1. The third kappa shape index (κ3) is 4.32. The molecule has 0 aliphatic carbocycles. The lowest BCUT2D eigenvalue weighted by Crippen LogP contribution is -2.24. The molecule has 1 aromatic carbocycles. The van der Waals surface area contributed by atoms with Gasteiger partial charge in [-0.15, -0.1) is 0 Å². The van der Waals surface area contributed by atoms with Gasteiger partial charge in [0, 0.05) is 11.9 Å². The van der Waals surface area contributed by atoms with Gasteiger partial charge < -0.3 is 0 Å². The molecular formula is C10H14BrNO2S. The Morgan fingerprint density at radius 1 is 1.33 bits per heavy atom. The normalized spacial score (nSPS) is 11.6. The van der Waals surface area contributed by atoms with Gasteiger partial charge in [-0.3, -0.25) is 0 Å². The minimum atomic E-state index is -3.10. The number of alkyl halides is 1. The van der Waals surface area contributed by atoms with Crippen LogP contribution >= 0.6 is 15.9 Å². The molecule has 0 saturated carbocycles. The fraction of sp³-hybridized carbons (Fsp3) is 0.400. The molecule has 0 aliphatic heterocycles. The average molecular weight is 292 g/mol. The highest BCUT2D eigenvalue weighted by Crippen LogP contribution is 2.08. The van der Waals surface area contributed by atoms with Crippen LogP contribution < -0.4 is 4.72 Å². The van der Waals surface area contributed by atoms with Crippen molar-refractivity contribution < 1.29 is 8.42 Å². The zero-order valence-corrected chi connectivity index (χ0v) is 10.9. The van der Waals surface area contributed by atoms with Gasteiger partial charge in [0.15, 0.2) is 0 Å². The summed E-state index contributed by atoms with van der Waals surface area (Å²) in [7, 11) is -3.10. The van der Waals surface area contributed by atoms with Crippen molar-refractivity contribution in [2.75, 3.05) is 5.75 Å². The van der Waals surface area contributed by atoms with E-state index in [1.54, 1.807) is 6.92 Å². The van der Waals surface area contributed by atoms with Gasteiger partial charge in [0.2, 0.25) is 10.0 Å². The summed E-state index contributed by atoms with van der Waals surface area (Å²) in [6.07, 6.45) is 0. The zero-order valence-electron chi connectivity index (χ0n) is 8.53. The first-order valence-electron chi connectivity index (χ1n) is 4.68. The first-order chi connectivity index (χ1) is 7.07. The first-order valence-corrected chi connectivity index (χ1v) is 7.46. The Morgan fingerprint density at radius 2 is 2.00 bits per heavy atom. The predicted molar refractivity (Wildman–Crippen MR) is 65.4 cm³/mol. The van der Waals surface area contributed by atoms with E-state index in [0.29, 0.717) is 6.54 Å². The highest BCUT2D eigenvalue weighted by atomic mass is 79.9. The standard InChI is InChI=1S/C10H14BrNO2S/c1-2-15(13,14)12-8-10-5-3-4-9(6-10)7-11/h3-6,12H,2,7-8H2,1H3. The molecule has 3 nitrogen and oxygen atoms in total. The summed E-state index contributed by atoms with van der Waals surface area (Å²) in [5.41, 5.74) is 2.12. The molecule has 1 rings (SSSR count). The number of nitrogens with one attached hydrogen (secondary N) is 1. The fourth-order valence-corrected chi connectivity index (χ4v) is 2.06. The molecule has 84 valence electrons. The van der Waals surface area contributed by atoms with Crippen LogP contribution in [0.25, 0.3) is 0 Å². The maximum Gasteiger partial charge on any atom is 0.211 e. The van der Waals surface area contributed by atoms with Gasteiger partial charge in [0.05, 0.1) is 5.75 Å². The van der Waals surface area contributed by atoms with E-state index in [1.807, 2.05) is 24.3 Å². The summed E-state index contributed by atoms with van der Waals surface area (Å²) in [5.74, 6) is 0.116. The molecule has 0 atom stereocenters. The van der Waals surface area contributed by atoms with E-state index in [9.17, 15) is 8.42 Å². The van der Waals surface area contributed by atoms with Crippen LogP contribution in [0, 0.1) is 0 Å². The molecule has 0 unspecified atom stereocenters. The monoisotopic (exact) mass is 291 g/mol. The third-order valence-corrected chi connectivity index (χ3v) is 4.01. The van der Waals surface area contributed by atoms with Gasteiger partial charge in [-0.05, 0) is 18.1 Å². The summed E-state index contributed by atoms with van der Waals surface area (Å²) >= 11 is 3.36. The molecule has 1 N–H and O–H groups in total. The van der Waals surface area contributed by atoms with Crippen molar-refractivity contribution in [1.82, 2.24) is 4.72 Å². The second kappa shape index (κ2) is 5.63. The second-order valence-corrected chi connectivity index (χ2v) is 5.83. The largest absolute Gasteiger partial charge is 0.212 e. The number of halogens is 1. The molecule has 0 saturated heterocycles. The lowest BCUT2D eigenvalue weighted by Gasteiger charge is -2.05. The number of sulfonamides is 1. The van der Waals surface area contributed by atoms with Crippen LogP contribution in [0.2, 0.25) is 0 Å². The molecule has 0 bridgehead atoms. The van der Waals surface area contributed by atoms with Crippen LogP contribution in [0.15, 0.2) is 24.3 Å². The number of hydrogen-bond acceptors (Lipinski definition) is 2. The Labute approximate surface area is 99.1 Å². The van der Waals surface area contributed by atoms with E-state index in [-0.39, 0.29) is 5.75 Å². The van der Waals surface area contributed by atoms with E-state index in [4.69, 9.17) is 0 Å². The zero-order chi connectivity index (χ0) is 11.3. The van der Waals surface area contributed by atoms with Gasteiger partial charge in [-0.1, -0.05) is 40.2 Å². The fourth-order valence-electron chi connectivity index (χ4n) is 1.12. The molecular weight excluding hydrogens is 278 g/mol. The lowest BCUT2D eigenvalue weighted by atomic mass is 10.1. The van der Waals surface area contributed by atoms with Crippen molar-refractivity contribution >= 4 is 26.0 Å². The molecule has 0 aromatic heterocycles. The summed E-state index contributed by atoms with van der Waals surface area (Å²) in [6.45, 7) is 1.98. The van der Waals surface area contributed by atoms with Crippen molar-refractivity contribution in [3.63, 3.8) is 0 Å². The van der Waals surface area contributed by atoms with Gasteiger partial charge in [-0.2, -0.15) is 0 Å².